The van der Waals surface area contributed by atoms with Crippen molar-refractivity contribution in [2.75, 3.05) is 13.6 Å². The van der Waals surface area contributed by atoms with E-state index in [2.05, 4.69) is 41.5 Å². The number of fused-ring (bicyclic) bond motifs is 1. The predicted octanol–water partition coefficient (Wildman–Crippen LogP) is 1.35. The predicted molar refractivity (Wildman–Crippen MR) is 104 cm³/mol. The minimum atomic E-state index is -0.0261. The van der Waals surface area contributed by atoms with Gasteiger partial charge >= 0.3 is 5.69 Å². The van der Waals surface area contributed by atoms with Crippen molar-refractivity contribution < 1.29 is 0 Å². The molecule has 2 N–H and O–H groups in total. The van der Waals surface area contributed by atoms with Crippen molar-refractivity contribution in [3.05, 3.63) is 16.3 Å². The standard InChI is InChI=1S/C15H28N6O.HI/c1-15(2,3)18-13(16-4)17-9-7-11-21-14(22)20-10-6-5-8-12(20)19-21;/h5-11H2,1-4H3,(H2,16,17,18);1H. The fourth-order valence-corrected chi connectivity index (χ4v) is 2.56. The molecular formula is C15H29IN6O. The summed E-state index contributed by atoms with van der Waals surface area (Å²) in [5, 5.41) is 11.0. The van der Waals surface area contributed by atoms with Crippen LogP contribution in [0.3, 0.4) is 0 Å². The molecule has 0 radical (unpaired) electrons. The van der Waals surface area contributed by atoms with Gasteiger partial charge in [0.2, 0.25) is 0 Å². The third-order valence-corrected chi connectivity index (χ3v) is 3.59. The lowest BCUT2D eigenvalue weighted by Gasteiger charge is -2.23. The first-order chi connectivity index (χ1) is 10.4. The van der Waals surface area contributed by atoms with Gasteiger partial charge in [0.05, 0.1) is 0 Å². The molecule has 8 heteroatoms. The number of rotatable bonds is 4. The van der Waals surface area contributed by atoms with Gasteiger partial charge in [0.15, 0.2) is 5.96 Å². The molecule has 1 aliphatic rings. The highest BCUT2D eigenvalue weighted by Crippen LogP contribution is 2.09. The van der Waals surface area contributed by atoms with Gasteiger partial charge in [-0.15, -0.1) is 24.0 Å². The number of halogens is 1. The van der Waals surface area contributed by atoms with E-state index in [4.69, 9.17) is 0 Å². The number of nitrogens with one attached hydrogen (secondary N) is 2. The molecule has 2 heterocycles. The molecule has 0 aromatic carbocycles. The summed E-state index contributed by atoms with van der Waals surface area (Å²) in [5.41, 5.74) is 0.00808. The summed E-state index contributed by atoms with van der Waals surface area (Å²) in [7, 11) is 1.76. The third-order valence-electron chi connectivity index (χ3n) is 3.59. The zero-order chi connectivity index (χ0) is 16.2. The minimum absolute atomic E-state index is 0. The highest BCUT2D eigenvalue weighted by Gasteiger charge is 2.16. The first-order valence-electron chi connectivity index (χ1n) is 8.06. The van der Waals surface area contributed by atoms with E-state index in [0.29, 0.717) is 6.54 Å². The molecule has 0 aliphatic carbocycles. The van der Waals surface area contributed by atoms with E-state index in [9.17, 15) is 4.79 Å². The van der Waals surface area contributed by atoms with Crippen molar-refractivity contribution in [2.24, 2.45) is 4.99 Å². The third kappa shape index (κ3) is 5.82. The zero-order valence-electron chi connectivity index (χ0n) is 14.6. The SMILES string of the molecule is CN=C(NCCCn1nc2n(c1=O)CCCC2)NC(C)(C)C.I. The highest BCUT2D eigenvalue weighted by molar-refractivity contribution is 14.0. The van der Waals surface area contributed by atoms with Crippen LogP contribution in [0.5, 0.6) is 0 Å². The Morgan fingerprint density at radius 2 is 2.09 bits per heavy atom. The maximum Gasteiger partial charge on any atom is 0.345 e. The van der Waals surface area contributed by atoms with Crippen LogP contribution in [0.25, 0.3) is 0 Å². The lowest BCUT2D eigenvalue weighted by molar-refractivity contribution is 0.495. The first-order valence-corrected chi connectivity index (χ1v) is 8.06. The van der Waals surface area contributed by atoms with Gasteiger partial charge in [-0.3, -0.25) is 9.56 Å². The Morgan fingerprint density at radius 3 is 2.70 bits per heavy atom. The summed E-state index contributed by atoms with van der Waals surface area (Å²) in [6.45, 7) is 8.48. The second-order valence-electron chi connectivity index (χ2n) is 6.76. The molecule has 0 saturated heterocycles. The Bertz CT molecular complexity index is 584. The second-order valence-corrected chi connectivity index (χ2v) is 6.76. The van der Waals surface area contributed by atoms with Gasteiger partial charge < -0.3 is 10.6 Å². The molecule has 2 rings (SSSR count). The van der Waals surface area contributed by atoms with Crippen molar-refractivity contribution in [1.82, 2.24) is 25.0 Å². The molecule has 1 aliphatic heterocycles. The molecule has 0 amide bonds. The quantitative estimate of drug-likeness (QED) is 0.324. The van der Waals surface area contributed by atoms with Gasteiger partial charge in [0, 0.05) is 38.6 Å². The molecule has 1 aromatic rings. The van der Waals surface area contributed by atoms with Gasteiger partial charge in [0.1, 0.15) is 5.82 Å². The van der Waals surface area contributed by atoms with Crippen molar-refractivity contribution >= 4 is 29.9 Å². The van der Waals surface area contributed by atoms with Gasteiger partial charge in [-0.1, -0.05) is 0 Å². The lowest BCUT2D eigenvalue weighted by atomic mass is 10.1. The topological polar surface area (TPSA) is 76.2 Å². The maximum atomic E-state index is 12.2. The smallest absolute Gasteiger partial charge is 0.345 e. The van der Waals surface area contributed by atoms with Crippen LogP contribution in [-0.2, 0) is 19.5 Å². The number of aryl methyl sites for hydroxylation is 2. The summed E-state index contributed by atoms with van der Waals surface area (Å²) in [4.78, 5) is 16.4. The van der Waals surface area contributed by atoms with E-state index in [1.807, 2.05) is 4.57 Å². The van der Waals surface area contributed by atoms with Crippen LogP contribution in [0.4, 0.5) is 0 Å². The molecule has 0 bridgehead atoms. The van der Waals surface area contributed by atoms with E-state index >= 15 is 0 Å². The molecule has 0 atom stereocenters. The summed E-state index contributed by atoms with van der Waals surface area (Å²) in [6.07, 6.45) is 3.96. The largest absolute Gasteiger partial charge is 0.356 e. The molecule has 23 heavy (non-hydrogen) atoms. The number of guanidine groups is 1. The van der Waals surface area contributed by atoms with Crippen LogP contribution in [0, 0.1) is 0 Å². The van der Waals surface area contributed by atoms with Crippen LogP contribution in [-0.4, -0.2) is 39.4 Å². The zero-order valence-corrected chi connectivity index (χ0v) is 16.9. The van der Waals surface area contributed by atoms with Gasteiger partial charge in [-0.05, 0) is 40.0 Å². The maximum absolute atomic E-state index is 12.2. The molecule has 132 valence electrons. The van der Waals surface area contributed by atoms with Crippen molar-refractivity contribution in [3.63, 3.8) is 0 Å². The van der Waals surface area contributed by atoms with Crippen LogP contribution >= 0.6 is 24.0 Å². The van der Waals surface area contributed by atoms with Gasteiger partial charge in [-0.25, -0.2) is 9.48 Å². The summed E-state index contributed by atoms with van der Waals surface area (Å²) >= 11 is 0. The van der Waals surface area contributed by atoms with E-state index in [0.717, 1.165) is 50.6 Å². The Labute approximate surface area is 155 Å². The van der Waals surface area contributed by atoms with Crippen LogP contribution in [0.15, 0.2) is 9.79 Å². The number of hydrogen-bond acceptors (Lipinski definition) is 3. The second kappa shape index (κ2) is 8.70. The first kappa shape index (κ1) is 20.0. The summed E-state index contributed by atoms with van der Waals surface area (Å²) in [5.74, 6) is 1.72. The summed E-state index contributed by atoms with van der Waals surface area (Å²) in [6, 6.07) is 0. The van der Waals surface area contributed by atoms with Gasteiger partial charge in [0.25, 0.3) is 0 Å². The van der Waals surface area contributed by atoms with Crippen molar-refractivity contribution in [3.8, 4) is 0 Å². The molecule has 7 nitrogen and oxygen atoms in total. The van der Waals surface area contributed by atoms with Crippen molar-refractivity contribution in [2.45, 2.75) is 65.1 Å². The van der Waals surface area contributed by atoms with E-state index in [1.165, 1.54) is 0 Å². The number of aromatic nitrogens is 3. The molecular weight excluding hydrogens is 407 g/mol. The Balaban J connectivity index is 0.00000264. The molecule has 0 unspecified atom stereocenters. The van der Waals surface area contributed by atoms with Gasteiger partial charge in [-0.2, -0.15) is 5.10 Å². The van der Waals surface area contributed by atoms with E-state index in [-0.39, 0.29) is 35.2 Å². The molecule has 0 spiro atoms. The number of hydrogen-bond donors (Lipinski definition) is 2. The Morgan fingerprint density at radius 1 is 1.35 bits per heavy atom. The van der Waals surface area contributed by atoms with Crippen LogP contribution < -0.4 is 16.3 Å². The summed E-state index contributed by atoms with van der Waals surface area (Å²) < 4.78 is 3.42. The molecule has 0 fully saturated rings. The monoisotopic (exact) mass is 436 g/mol. The number of aliphatic imine (C=N–C) groups is 1. The average molecular weight is 436 g/mol. The Kier molecular flexibility index (Phi) is 7.56. The average Bonchev–Trinajstić information content (AvgIpc) is 2.78. The minimum Gasteiger partial charge on any atom is -0.356 e. The Hall–Kier alpha value is -1.06. The number of nitrogens with zero attached hydrogens (tertiary/aromatic N) is 4. The lowest BCUT2D eigenvalue weighted by Crippen LogP contribution is -2.47. The van der Waals surface area contributed by atoms with Crippen LogP contribution in [0.1, 0.15) is 45.9 Å². The van der Waals surface area contributed by atoms with E-state index in [1.54, 1.807) is 11.7 Å². The normalized spacial score (nSPS) is 14.9. The molecule has 0 saturated carbocycles. The molecule has 1 aromatic heterocycles. The fourth-order valence-electron chi connectivity index (χ4n) is 2.56. The van der Waals surface area contributed by atoms with E-state index < -0.39 is 0 Å². The van der Waals surface area contributed by atoms with Crippen LogP contribution in [0.2, 0.25) is 0 Å². The van der Waals surface area contributed by atoms with Crippen molar-refractivity contribution in [1.29, 1.82) is 0 Å². The highest BCUT2D eigenvalue weighted by atomic mass is 127. The fraction of sp³-hybridized carbons (Fsp3) is 0.800.